The van der Waals surface area contributed by atoms with Crippen LogP contribution < -0.4 is 10.6 Å². The Morgan fingerprint density at radius 2 is 2.00 bits per heavy atom. The molecular weight excluding hydrogens is 152 g/mol. The molecule has 3 heteroatoms. The Hall–Kier alpha value is -0.410. The highest BCUT2D eigenvalue weighted by Gasteiger charge is 2.09. The Bertz CT molecular complexity index is 126. The minimum Gasteiger partial charge on any atom is -0.320 e. The van der Waals surface area contributed by atoms with Crippen molar-refractivity contribution in [1.29, 1.82) is 0 Å². The molecule has 0 aromatic carbocycles. The SMILES string of the molecule is CNCCCC[C@H](NC)C(C)=O. The summed E-state index contributed by atoms with van der Waals surface area (Å²) in [5.41, 5.74) is 0. The van der Waals surface area contributed by atoms with E-state index in [2.05, 4.69) is 10.6 Å². The summed E-state index contributed by atoms with van der Waals surface area (Å²) < 4.78 is 0. The number of carbonyl (C=O) groups is 1. The summed E-state index contributed by atoms with van der Waals surface area (Å²) in [5, 5.41) is 6.09. The van der Waals surface area contributed by atoms with Gasteiger partial charge < -0.3 is 10.6 Å². The largest absolute Gasteiger partial charge is 0.320 e. The first kappa shape index (κ1) is 11.6. The molecule has 0 radical (unpaired) electrons. The lowest BCUT2D eigenvalue weighted by atomic mass is 10.1. The second-order valence-corrected chi connectivity index (χ2v) is 3.05. The van der Waals surface area contributed by atoms with Gasteiger partial charge in [-0.3, -0.25) is 4.79 Å². The second-order valence-electron chi connectivity index (χ2n) is 3.05. The summed E-state index contributed by atoms with van der Waals surface area (Å²) in [6.45, 7) is 2.67. The molecule has 1 atom stereocenters. The predicted molar refractivity (Wildman–Crippen MR) is 51.3 cm³/mol. The topological polar surface area (TPSA) is 41.1 Å². The van der Waals surface area contributed by atoms with Crippen molar-refractivity contribution in [2.75, 3.05) is 20.6 Å². The highest BCUT2D eigenvalue weighted by Crippen LogP contribution is 2.00. The average Bonchev–Trinajstić information content (AvgIpc) is 2.04. The summed E-state index contributed by atoms with van der Waals surface area (Å²) in [6.07, 6.45) is 3.20. The van der Waals surface area contributed by atoms with Gasteiger partial charge in [0, 0.05) is 0 Å². The van der Waals surface area contributed by atoms with E-state index in [0.29, 0.717) is 0 Å². The van der Waals surface area contributed by atoms with Crippen LogP contribution in [0.1, 0.15) is 26.2 Å². The van der Waals surface area contributed by atoms with Crippen LogP contribution in [0.15, 0.2) is 0 Å². The van der Waals surface area contributed by atoms with E-state index < -0.39 is 0 Å². The minimum absolute atomic E-state index is 0.0573. The molecule has 2 N–H and O–H groups in total. The summed E-state index contributed by atoms with van der Waals surface area (Å²) >= 11 is 0. The monoisotopic (exact) mass is 172 g/mol. The number of nitrogens with one attached hydrogen (secondary N) is 2. The van der Waals surface area contributed by atoms with Crippen LogP contribution in [0.25, 0.3) is 0 Å². The molecule has 0 aliphatic rings. The van der Waals surface area contributed by atoms with Crippen molar-refractivity contribution in [3.63, 3.8) is 0 Å². The van der Waals surface area contributed by atoms with E-state index in [1.165, 1.54) is 0 Å². The smallest absolute Gasteiger partial charge is 0.146 e. The second kappa shape index (κ2) is 7.25. The molecule has 0 spiro atoms. The third-order valence-corrected chi connectivity index (χ3v) is 2.01. The number of likely N-dealkylation sites (N-methyl/N-ethyl adjacent to an activating group) is 1. The van der Waals surface area contributed by atoms with Gasteiger partial charge in [0.05, 0.1) is 6.04 Å². The van der Waals surface area contributed by atoms with Crippen molar-refractivity contribution in [3.05, 3.63) is 0 Å². The first-order valence-electron chi connectivity index (χ1n) is 4.54. The fraction of sp³-hybridized carbons (Fsp3) is 0.889. The van der Waals surface area contributed by atoms with Gasteiger partial charge >= 0.3 is 0 Å². The van der Waals surface area contributed by atoms with Crippen LogP contribution in [0.2, 0.25) is 0 Å². The minimum atomic E-state index is 0.0573. The lowest BCUT2D eigenvalue weighted by Crippen LogP contribution is -2.32. The Balaban J connectivity index is 3.38. The van der Waals surface area contributed by atoms with E-state index in [9.17, 15) is 4.79 Å². The Morgan fingerprint density at radius 1 is 1.33 bits per heavy atom. The van der Waals surface area contributed by atoms with E-state index >= 15 is 0 Å². The van der Waals surface area contributed by atoms with E-state index in [1.807, 2.05) is 14.1 Å². The van der Waals surface area contributed by atoms with Crippen LogP contribution in [-0.4, -0.2) is 32.5 Å². The van der Waals surface area contributed by atoms with Gasteiger partial charge in [0.1, 0.15) is 5.78 Å². The summed E-state index contributed by atoms with van der Waals surface area (Å²) in [5.74, 6) is 0.238. The summed E-state index contributed by atoms with van der Waals surface area (Å²) in [7, 11) is 3.78. The van der Waals surface area contributed by atoms with Gasteiger partial charge in [0.15, 0.2) is 0 Å². The molecule has 0 rings (SSSR count). The van der Waals surface area contributed by atoms with Crippen LogP contribution >= 0.6 is 0 Å². The summed E-state index contributed by atoms with van der Waals surface area (Å²) in [4.78, 5) is 11.0. The molecule has 0 aliphatic heterocycles. The number of hydrogen-bond acceptors (Lipinski definition) is 3. The quantitative estimate of drug-likeness (QED) is 0.551. The number of Topliss-reactive ketones (excluding diaryl/α,β-unsaturated/α-hetero) is 1. The Labute approximate surface area is 74.9 Å². The van der Waals surface area contributed by atoms with E-state index in [4.69, 9.17) is 0 Å². The molecule has 0 saturated heterocycles. The van der Waals surface area contributed by atoms with Crippen molar-refractivity contribution in [1.82, 2.24) is 10.6 Å². The standard InChI is InChI=1S/C9H20N2O/c1-8(12)9(11-3)6-4-5-7-10-2/h9-11H,4-7H2,1-3H3/t9-/m0/s1. The van der Waals surface area contributed by atoms with Crippen LogP contribution in [-0.2, 0) is 4.79 Å². The molecule has 0 fully saturated rings. The average molecular weight is 172 g/mol. The van der Waals surface area contributed by atoms with E-state index in [0.717, 1.165) is 25.8 Å². The molecule has 0 aliphatic carbocycles. The molecule has 0 heterocycles. The third kappa shape index (κ3) is 5.27. The zero-order valence-electron chi connectivity index (χ0n) is 8.31. The molecule has 0 aromatic rings. The molecule has 12 heavy (non-hydrogen) atoms. The van der Waals surface area contributed by atoms with Crippen LogP contribution in [0.5, 0.6) is 0 Å². The van der Waals surface area contributed by atoms with Gasteiger partial charge in [-0.05, 0) is 40.4 Å². The van der Waals surface area contributed by atoms with Crippen molar-refractivity contribution < 1.29 is 4.79 Å². The maximum atomic E-state index is 11.0. The molecule has 0 bridgehead atoms. The maximum Gasteiger partial charge on any atom is 0.146 e. The normalized spacial score (nSPS) is 12.9. The van der Waals surface area contributed by atoms with Gasteiger partial charge in [-0.1, -0.05) is 6.42 Å². The molecule has 0 aromatic heterocycles. The number of carbonyl (C=O) groups excluding carboxylic acids is 1. The molecular formula is C9H20N2O. The van der Waals surface area contributed by atoms with Crippen LogP contribution in [0.3, 0.4) is 0 Å². The fourth-order valence-corrected chi connectivity index (χ4v) is 1.20. The molecule has 0 unspecified atom stereocenters. The van der Waals surface area contributed by atoms with Crippen molar-refractivity contribution in [3.8, 4) is 0 Å². The number of hydrogen-bond donors (Lipinski definition) is 2. The Morgan fingerprint density at radius 3 is 2.42 bits per heavy atom. The summed E-state index contributed by atoms with van der Waals surface area (Å²) in [6, 6.07) is 0.0573. The molecule has 3 nitrogen and oxygen atoms in total. The van der Waals surface area contributed by atoms with Crippen molar-refractivity contribution in [2.45, 2.75) is 32.2 Å². The highest BCUT2D eigenvalue weighted by atomic mass is 16.1. The van der Waals surface area contributed by atoms with Gasteiger partial charge in [-0.15, -0.1) is 0 Å². The van der Waals surface area contributed by atoms with E-state index in [-0.39, 0.29) is 11.8 Å². The Kier molecular flexibility index (Phi) is 7.00. The maximum absolute atomic E-state index is 11.0. The third-order valence-electron chi connectivity index (χ3n) is 2.01. The van der Waals surface area contributed by atoms with Crippen molar-refractivity contribution in [2.24, 2.45) is 0 Å². The van der Waals surface area contributed by atoms with Gasteiger partial charge in [0.25, 0.3) is 0 Å². The fourth-order valence-electron chi connectivity index (χ4n) is 1.20. The van der Waals surface area contributed by atoms with Gasteiger partial charge in [0.2, 0.25) is 0 Å². The zero-order chi connectivity index (χ0) is 9.40. The van der Waals surface area contributed by atoms with Crippen LogP contribution in [0, 0.1) is 0 Å². The lowest BCUT2D eigenvalue weighted by Gasteiger charge is -2.11. The molecule has 0 saturated carbocycles. The molecule has 0 amide bonds. The lowest BCUT2D eigenvalue weighted by molar-refractivity contribution is -0.119. The zero-order valence-corrected chi connectivity index (χ0v) is 8.31. The first-order valence-corrected chi connectivity index (χ1v) is 4.54. The highest BCUT2D eigenvalue weighted by molar-refractivity contribution is 5.81. The predicted octanol–water partition coefficient (Wildman–Crippen LogP) is 0.553. The van der Waals surface area contributed by atoms with E-state index in [1.54, 1.807) is 6.92 Å². The van der Waals surface area contributed by atoms with Crippen molar-refractivity contribution >= 4 is 5.78 Å². The number of rotatable bonds is 7. The molecule has 72 valence electrons. The number of ketones is 1. The first-order chi connectivity index (χ1) is 5.72. The van der Waals surface area contributed by atoms with Gasteiger partial charge in [-0.25, -0.2) is 0 Å². The van der Waals surface area contributed by atoms with Gasteiger partial charge in [-0.2, -0.15) is 0 Å². The number of unbranched alkanes of at least 4 members (excludes halogenated alkanes) is 1. The van der Waals surface area contributed by atoms with Crippen LogP contribution in [0.4, 0.5) is 0 Å².